The van der Waals surface area contributed by atoms with E-state index in [4.69, 9.17) is 0 Å². The molecule has 0 heterocycles. The van der Waals surface area contributed by atoms with Gasteiger partial charge in [0.1, 0.15) is 17.4 Å². The van der Waals surface area contributed by atoms with Crippen molar-refractivity contribution in [1.29, 1.82) is 0 Å². The fraction of sp³-hybridized carbons (Fsp3) is 0.222. The third kappa shape index (κ3) is 2.82. The zero-order chi connectivity index (χ0) is 9.84. The summed E-state index contributed by atoms with van der Waals surface area (Å²) in [5, 5.41) is 2.49. The molecule has 1 aromatic rings. The lowest BCUT2D eigenvalue weighted by Crippen LogP contribution is -2.10. The zero-order valence-corrected chi connectivity index (χ0v) is 7.10. The molecule has 4 heteroatoms. The Morgan fingerprint density at radius 3 is 2.77 bits per heavy atom. The van der Waals surface area contributed by atoms with Gasteiger partial charge in [-0.3, -0.25) is 4.79 Å². The van der Waals surface area contributed by atoms with Gasteiger partial charge in [0, 0.05) is 0 Å². The van der Waals surface area contributed by atoms with Gasteiger partial charge in [0.25, 0.3) is 0 Å². The molecule has 0 saturated carbocycles. The molecule has 0 unspecified atom stereocenters. The highest BCUT2D eigenvalue weighted by Gasteiger charge is 2.03. The number of hydrogen-bond acceptors (Lipinski definition) is 2. The van der Waals surface area contributed by atoms with Gasteiger partial charge in [0.15, 0.2) is 0 Å². The summed E-state index contributed by atoms with van der Waals surface area (Å²) in [6.45, 7) is 1.37. The van der Waals surface area contributed by atoms with Crippen molar-refractivity contribution in [2.45, 2.75) is 6.92 Å². The number of benzene rings is 1. The molecule has 0 amide bonds. The number of rotatable bonds is 3. The van der Waals surface area contributed by atoms with Gasteiger partial charge in [-0.1, -0.05) is 0 Å². The van der Waals surface area contributed by atoms with Crippen LogP contribution in [-0.2, 0) is 4.79 Å². The highest BCUT2D eigenvalue weighted by Crippen LogP contribution is 2.14. The molecule has 0 aliphatic rings. The van der Waals surface area contributed by atoms with Gasteiger partial charge in [-0.05, 0) is 25.1 Å². The topological polar surface area (TPSA) is 29.1 Å². The molecular formula is C9H9F2NO. The van der Waals surface area contributed by atoms with E-state index in [1.807, 2.05) is 0 Å². The number of hydrogen-bond donors (Lipinski definition) is 1. The molecule has 1 N–H and O–H groups in total. The second-order valence-electron chi connectivity index (χ2n) is 2.68. The molecule has 2 nitrogen and oxygen atoms in total. The predicted molar refractivity (Wildman–Crippen MR) is 45.5 cm³/mol. The first-order valence-electron chi connectivity index (χ1n) is 3.78. The van der Waals surface area contributed by atoms with E-state index in [2.05, 4.69) is 5.32 Å². The van der Waals surface area contributed by atoms with Crippen LogP contribution in [0, 0.1) is 11.6 Å². The lowest BCUT2D eigenvalue weighted by Gasteiger charge is -2.04. The van der Waals surface area contributed by atoms with Crippen LogP contribution in [0.4, 0.5) is 14.5 Å². The Bertz CT molecular complexity index is 325. The van der Waals surface area contributed by atoms with Crippen LogP contribution in [0.3, 0.4) is 0 Å². The zero-order valence-electron chi connectivity index (χ0n) is 7.10. The number of anilines is 1. The molecule has 0 bridgehead atoms. The minimum atomic E-state index is -0.567. The van der Waals surface area contributed by atoms with Gasteiger partial charge in [0.2, 0.25) is 0 Å². The molecule has 0 aromatic heterocycles. The molecule has 0 fully saturated rings. The first-order chi connectivity index (χ1) is 6.09. The van der Waals surface area contributed by atoms with Crippen LogP contribution in [0.5, 0.6) is 0 Å². The molecule has 70 valence electrons. The van der Waals surface area contributed by atoms with Crippen molar-refractivity contribution >= 4 is 11.5 Å². The minimum absolute atomic E-state index is 0.000370. The van der Waals surface area contributed by atoms with Crippen LogP contribution in [-0.4, -0.2) is 12.3 Å². The van der Waals surface area contributed by atoms with E-state index in [0.717, 1.165) is 18.2 Å². The normalized spacial score (nSPS) is 9.77. The summed E-state index contributed by atoms with van der Waals surface area (Å²) < 4.78 is 25.5. The predicted octanol–water partition coefficient (Wildman–Crippen LogP) is 1.97. The van der Waals surface area contributed by atoms with E-state index in [-0.39, 0.29) is 18.0 Å². The van der Waals surface area contributed by atoms with Crippen LogP contribution in [0.1, 0.15) is 6.92 Å². The Labute approximate surface area is 74.6 Å². The molecule has 0 aliphatic carbocycles. The number of nitrogens with one attached hydrogen (secondary N) is 1. The molecule has 0 saturated heterocycles. The van der Waals surface area contributed by atoms with Crippen LogP contribution < -0.4 is 5.32 Å². The fourth-order valence-corrected chi connectivity index (χ4v) is 0.853. The molecule has 0 radical (unpaired) electrons. The van der Waals surface area contributed by atoms with Gasteiger partial charge in [-0.15, -0.1) is 0 Å². The second kappa shape index (κ2) is 3.98. The van der Waals surface area contributed by atoms with E-state index >= 15 is 0 Å². The second-order valence-corrected chi connectivity index (χ2v) is 2.68. The van der Waals surface area contributed by atoms with Crippen LogP contribution in [0.15, 0.2) is 18.2 Å². The Morgan fingerprint density at radius 2 is 2.15 bits per heavy atom. The minimum Gasteiger partial charge on any atom is -0.376 e. The van der Waals surface area contributed by atoms with Crippen LogP contribution in [0.25, 0.3) is 0 Å². The summed E-state index contributed by atoms with van der Waals surface area (Å²) in [6.07, 6.45) is 0. The number of halogens is 2. The highest BCUT2D eigenvalue weighted by molar-refractivity contribution is 5.80. The van der Waals surface area contributed by atoms with Crippen molar-refractivity contribution in [2.75, 3.05) is 11.9 Å². The summed E-state index contributed by atoms with van der Waals surface area (Å²) in [4.78, 5) is 10.5. The molecule has 1 aromatic carbocycles. The first-order valence-corrected chi connectivity index (χ1v) is 3.78. The largest absolute Gasteiger partial charge is 0.376 e. The highest BCUT2D eigenvalue weighted by atomic mass is 19.1. The van der Waals surface area contributed by atoms with E-state index in [1.165, 1.54) is 6.92 Å². The lowest BCUT2D eigenvalue weighted by molar-refractivity contribution is -0.115. The van der Waals surface area contributed by atoms with Crippen LogP contribution >= 0.6 is 0 Å². The molecular weight excluding hydrogens is 176 g/mol. The maximum atomic E-state index is 12.9. The Morgan fingerprint density at radius 1 is 1.46 bits per heavy atom. The standard InChI is InChI=1S/C9H9F2NO/c1-6(13)5-12-9-4-7(10)2-3-8(9)11/h2-4,12H,5H2,1H3. The number of Topliss-reactive ketones (excluding diaryl/α,β-unsaturated/α-hetero) is 1. The number of ketones is 1. The monoisotopic (exact) mass is 185 g/mol. The van der Waals surface area contributed by atoms with Crippen molar-refractivity contribution in [3.63, 3.8) is 0 Å². The molecule has 0 aliphatic heterocycles. The fourth-order valence-electron chi connectivity index (χ4n) is 0.853. The average Bonchev–Trinajstić information content (AvgIpc) is 2.06. The molecule has 13 heavy (non-hydrogen) atoms. The van der Waals surface area contributed by atoms with Crippen molar-refractivity contribution in [2.24, 2.45) is 0 Å². The van der Waals surface area contributed by atoms with E-state index in [9.17, 15) is 13.6 Å². The number of carbonyl (C=O) groups excluding carboxylic acids is 1. The van der Waals surface area contributed by atoms with Crippen molar-refractivity contribution in [1.82, 2.24) is 0 Å². The summed E-state index contributed by atoms with van der Waals surface area (Å²) in [5.74, 6) is -1.24. The van der Waals surface area contributed by atoms with Gasteiger partial charge < -0.3 is 5.32 Å². The van der Waals surface area contributed by atoms with E-state index in [1.54, 1.807) is 0 Å². The average molecular weight is 185 g/mol. The molecule has 0 atom stereocenters. The number of carbonyl (C=O) groups is 1. The van der Waals surface area contributed by atoms with Crippen molar-refractivity contribution < 1.29 is 13.6 Å². The third-order valence-electron chi connectivity index (χ3n) is 1.46. The maximum absolute atomic E-state index is 12.9. The van der Waals surface area contributed by atoms with Gasteiger partial charge in [-0.2, -0.15) is 0 Å². The smallest absolute Gasteiger partial charge is 0.148 e. The first kappa shape index (κ1) is 9.64. The van der Waals surface area contributed by atoms with Gasteiger partial charge in [-0.25, -0.2) is 8.78 Å². The molecule has 1 rings (SSSR count). The van der Waals surface area contributed by atoms with Crippen LogP contribution in [0.2, 0.25) is 0 Å². The maximum Gasteiger partial charge on any atom is 0.148 e. The van der Waals surface area contributed by atoms with Gasteiger partial charge >= 0.3 is 0 Å². The van der Waals surface area contributed by atoms with E-state index in [0.29, 0.717) is 0 Å². The Kier molecular flexibility index (Phi) is 2.95. The SMILES string of the molecule is CC(=O)CNc1cc(F)ccc1F. The summed E-state index contributed by atoms with van der Waals surface area (Å²) in [6, 6.07) is 3.05. The van der Waals surface area contributed by atoms with Gasteiger partial charge in [0.05, 0.1) is 12.2 Å². The quantitative estimate of drug-likeness (QED) is 0.779. The Balaban J connectivity index is 2.75. The summed E-state index contributed by atoms with van der Waals surface area (Å²) >= 11 is 0. The molecule has 0 spiro atoms. The third-order valence-corrected chi connectivity index (χ3v) is 1.46. The van der Waals surface area contributed by atoms with Crippen molar-refractivity contribution in [3.8, 4) is 0 Å². The lowest BCUT2D eigenvalue weighted by atomic mass is 10.3. The summed E-state index contributed by atoms with van der Waals surface area (Å²) in [7, 11) is 0. The Hall–Kier alpha value is -1.45. The van der Waals surface area contributed by atoms with E-state index < -0.39 is 11.6 Å². The van der Waals surface area contributed by atoms with Crippen molar-refractivity contribution in [3.05, 3.63) is 29.8 Å². The summed E-state index contributed by atoms with van der Waals surface area (Å²) in [5.41, 5.74) is 0.00944.